The van der Waals surface area contributed by atoms with Gasteiger partial charge in [0.1, 0.15) is 11.3 Å². The third-order valence-electron chi connectivity index (χ3n) is 3.45. The molecule has 2 aromatic heterocycles. The number of aromatic amines is 1. The van der Waals surface area contributed by atoms with Crippen LogP contribution in [-0.4, -0.2) is 15.7 Å². The van der Waals surface area contributed by atoms with Gasteiger partial charge >= 0.3 is 0 Å². The largest absolute Gasteiger partial charge is 0.469 e. The van der Waals surface area contributed by atoms with E-state index in [0.717, 1.165) is 0 Å². The van der Waals surface area contributed by atoms with Gasteiger partial charge in [0.2, 0.25) is 0 Å². The van der Waals surface area contributed by atoms with E-state index in [0.29, 0.717) is 34.2 Å². The second-order valence-corrected chi connectivity index (χ2v) is 4.60. The molecule has 3 rings (SSSR count). The number of hydrogen-bond donors (Lipinski definition) is 1. The van der Waals surface area contributed by atoms with Gasteiger partial charge in [0.15, 0.2) is 5.78 Å². The SMILES string of the molecule is CCc1occc1C(=O)c1c[nH]c2c([N+](=O)[O-])cccc12. The fourth-order valence-electron chi connectivity index (χ4n) is 2.44. The number of para-hydroxylation sites is 1. The number of benzene rings is 1. The van der Waals surface area contributed by atoms with Crippen LogP contribution in [0.2, 0.25) is 0 Å². The number of nitrogens with zero attached hydrogens (tertiary/aromatic N) is 1. The van der Waals surface area contributed by atoms with Crippen molar-refractivity contribution in [3.8, 4) is 0 Å². The summed E-state index contributed by atoms with van der Waals surface area (Å²) in [4.78, 5) is 26.0. The Labute approximate surface area is 119 Å². The van der Waals surface area contributed by atoms with E-state index in [1.54, 1.807) is 18.2 Å². The van der Waals surface area contributed by atoms with Crippen molar-refractivity contribution >= 4 is 22.4 Å². The van der Waals surface area contributed by atoms with Gasteiger partial charge in [0.25, 0.3) is 5.69 Å². The highest BCUT2D eigenvalue weighted by Gasteiger charge is 2.22. The Bertz CT molecular complexity index is 844. The van der Waals surface area contributed by atoms with E-state index in [4.69, 9.17) is 4.42 Å². The molecule has 0 saturated heterocycles. The molecule has 0 fully saturated rings. The maximum Gasteiger partial charge on any atom is 0.293 e. The van der Waals surface area contributed by atoms with Crippen molar-refractivity contribution in [3.63, 3.8) is 0 Å². The van der Waals surface area contributed by atoms with Crippen molar-refractivity contribution in [1.29, 1.82) is 0 Å². The first-order valence-corrected chi connectivity index (χ1v) is 6.49. The summed E-state index contributed by atoms with van der Waals surface area (Å²) in [6, 6.07) is 6.29. The fraction of sp³-hybridized carbons (Fsp3) is 0.133. The number of aromatic nitrogens is 1. The van der Waals surface area contributed by atoms with Crippen molar-refractivity contribution < 1.29 is 14.1 Å². The quantitative estimate of drug-likeness (QED) is 0.451. The second kappa shape index (κ2) is 4.90. The molecule has 0 bridgehead atoms. The predicted octanol–water partition coefficient (Wildman–Crippen LogP) is 3.46. The van der Waals surface area contributed by atoms with E-state index in [1.165, 1.54) is 18.5 Å². The minimum absolute atomic E-state index is 0.0468. The highest BCUT2D eigenvalue weighted by molar-refractivity contribution is 6.17. The van der Waals surface area contributed by atoms with Crippen LogP contribution >= 0.6 is 0 Å². The molecule has 0 amide bonds. The van der Waals surface area contributed by atoms with E-state index >= 15 is 0 Å². The van der Waals surface area contributed by atoms with Gasteiger partial charge in [-0.25, -0.2) is 0 Å². The summed E-state index contributed by atoms with van der Waals surface area (Å²) in [5.41, 5.74) is 1.21. The molecule has 0 aliphatic carbocycles. The number of aryl methyl sites for hydroxylation is 1. The number of nitro benzene ring substituents is 1. The lowest BCUT2D eigenvalue weighted by molar-refractivity contribution is -0.383. The molecular weight excluding hydrogens is 272 g/mol. The van der Waals surface area contributed by atoms with Crippen LogP contribution in [0.3, 0.4) is 0 Å². The first-order valence-electron chi connectivity index (χ1n) is 6.49. The van der Waals surface area contributed by atoms with E-state index in [1.807, 2.05) is 6.92 Å². The van der Waals surface area contributed by atoms with Crippen molar-refractivity contribution in [2.75, 3.05) is 0 Å². The van der Waals surface area contributed by atoms with E-state index < -0.39 is 4.92 Å². The number of nitrogens with one attached hydrogen (secondary N) is 1. The maximum atomic E-state index is 12.6. The summed E-state index contributed by atoms with van der Waals surface area (Å²) < 4.78 is 5.27. The Morgan fingerprint density at radius 3 is 2.86 bits per heavy atom. The molecule has 1 aromatic carbocycles. The number of non-ortho nitro benzene ring substituents is 1. The van der Waals surface area contributed by atoms with Crippen LogP contribution in [0.25, 0.3) is 10.9 Å². The lowest BCUT2D eigenvalue weighted by Crippen LogP contribution is -2.01. The molecular formula is C15H12N2O4. The van der Waals surface area contributed by atoms with E-state index in [9.17, 15) is 14.9 Å². The van der Waals surface area contributed by atoms with Crippen LogP contribution in [-0.2, 0) is 6.42 Å². The Morgan fingerprint density at radius 1 is 1.33 bits per heavy atom. The number of carbonyl (C=O) groups is 1. The molecule has 0 unspecified atom stereocenters. The first-order chi connectivity index (χ1) is 10.1. The van der Waals surface area contributed by atoms with Crippen LogP contribution in [0, 0.1) is 10.1 Å². The molecule has 1 N–H and O–H groups in total. The minimum atomic E-state index is -0.470. The van der Waals surface area contributed by atoms with E-state index in [2.05, 4.69) is 4.98 Å². The smallest absolute Gasteiger partial charge is 0.293 e. The molecule has 3 aromatic rings. The zero-order valence-electron chi connectivity index (χ0n) is 11.3. The summed E-state index contributed by atoms with van der Waals surface area (Å²) in [6.45, 7) is 1.90. The van der Waals surface area contributed by atoms with Crippen LogP contribution < -0.4 is 0 Å². The molecule has 2 heterocycles. The first kappa shape index (κ1) is 13.1. The minimum Gasteiger partial charge on any atom is -0.469 e. The predicted molar refractivity (Wildman–Crippen MR) is 76.5 cm³/mol. The Hall–Kier alpha value is -2.89. The standard InChI is InChI=1S/C15H12N2O4/c1-2-13-10(6-7-21-13)15(18)11-8-16-14-9(11)4-3-5-12(14)17(19)20/h3-8,16H,2H2,1H3. The summed E-state index contributed by atoms with van der Waals surface area (Å²) in [6.07, 6.45) is 3.59. The zero-order valence-corrected chi connectivity index (χ0v) is 11.3. The van der Waals surface area contributed by atoms with Gasteiger partial charge in [-0.1, -0.05) is 19.1 Å². The number of ketones is 1. The molecule has 6 nitrogen and oxygen atoms in total. The lowest BCUT2D eigenvalue weighted by atomic mass is 10.0. The van der Waals surface area contributed by atoms with Crippen LogP contribution in [0.15, 0.2) is 41.1 Å². The van der Waals surface area contributed by atoms with Crippen molar-refractivity contribution in [1.82, 2.24) is 4.98 Å². The topological polar surface area (TPSA) is 89.1 Å². The number of fused-ring (bicyclic) bond motifs is 1. The lowest BCUT2D eigenvalue weighted by Gasteiger charge is -1.99. The van der Waals surface area contributed by atoms with Gasteiger partial charge in [-0.2, -0.15) is 0 Å². The van der Waals surface area contributed by atoms with Crippen LogP contribution in [0.4, 0.5) is 5.69 Å². The second-order valence-electron chi connectivity index (χ2n) is 4.60. The van der Waals surface area contributed by atoms with Crippen LogP contribution in [0.1, 0.15) is 28.6 Å². The average molecular weight is 284 g/mol. The fourth-order valence-corrected chi connectivity index (χ4v) is 2.44. The maximum absolute atomic E-state index is 12.6. The van der Waals surface area contributed by atoms with Gasteiger partial charge in [-0.15, -0.1) is 0 Å². The number of nitro groups is 1. The Kier molecular flexibility index (Phi) is 3.06. The third kappa shape index (κ3) is 2.01. The molecule has 0 atom stereocenters. The molecule has 0 aliphatic rings. The highest BCUT2D eigenvalue weighted by Crippen LogP contribution is 2.29. The van der Waals surface area contributed by atoms with Gasteiger partial charge in [0.05, 0.1) is 16.7 Å². The van der Waals surface area contributed by atoms with Gasteiger partial charge in [-0.05, 0) is 6.07 Å². The molecule has 106 valence electrons. The Morgan fingerprint density at radius 2 is 2.14 bits per heavy atom. The number of furan rings is 1. The average Bonchev–Trinajstić information content (AvgIpc) is 3.12. The summed E-state index contributed by atoms with van der Waals surface area (Å²) >= 11 is 0. The molecule has 0 radical (unpaired) electrons. The number of rotatable bonds is 4. The number of carbonyl (C=O) groups excluding carboxylic acids is 1. The van der Waals surface area contributed by atoms with Crippen molar-refractivity contribution in [3.05, 3.63) is 63.7 Å². The highest BCUT2D eigenvalue weighted by atomic mass is 16.6. The van der Waals surface area contributed by atoms with Gasteiger partial charge in [0, 0.05) is 29.6 Å². The van der Waals surface area contributed by atoms with Crippen LogP contribution in [0.5, 0.6) is 0 Å². The molecule has 0 saturated carbocycles. The normalized spacial score (nSPS) is 10.9. The molecule has 0 spiro atoms. The van der Waals surface area contributed by atoms with Gasteiger partial charge < -0.3 is 9.40 Å². The van der Waals surface area contributed by atoms with Crippen molar-refractivity contribution in [2.24, 2.45) is 0 Å². The number of hydrogen-bond acceptors (Lipinski definition) is 4. The summed E-state index contributed by atoms with van der Waals surface area (Å²) in [7, 11) is 0. The molecule has 21 heavy (non-hydrogen) atoms. The third-order valence-corrected chi connectivity index (χ3v) is 3.45. The van der Waals surface area contributed by atoms with E-state index in [-0.39, 0.29) is 11.5 Å². The summed E-state index contributed by atoms with van der Waals surface area (Å²) in [5.74, 6) is 0.409. The Balaban J connectivity index is 2.16. The summed E-state index contributed by atoms with van der Waals surface area (Å²) in [5, 5.41) is 11.5. The van der Waals surface area contributed by atoms with Crippen molar-refractivity contribution in [2.45, 2.75) is 13.3 Å². The van der Waals surface area contributed by atoms with Gasteiger partial charge in [-0.3, -0.25) is 14.9 Å². The number of H-pyrrole nitrogens is 1. The zero-order chi connectivity index (χ0) is 15.0. The molecule has 0 aliphatic heterocycles. The monoisotopic (exact) mass is 284 g/mol. The molecule has 6 heteroatoms.